The molecule has 2 atom stereocenters. The van der Waals surface area contributed by atoms with Crippen molar-refractivity contribution in [1.82, 2.24) is 0 Å². The fourth-order valence-corrected chi connectivity index (χ4v) is 3.09. The summed E-state index contributed by atoms with van der Waals surface area (Å²) in [6.07, 6.45) is 3.50. The van der Waals surface area contributed by atoms with Gasteiger partial charge in [-0.3, -0.25) is 0 Å². The van der Waals surface area contributed by atoms with Crippen molar-refractivity contribution in [1.29, 1.82) is 0 Å². The number of nitrogens with one attached hydrogen (secondary N) is 1. The Morgan fingerprint density at radius 3 is 2.45 bits per heavy atom. The lowest BCUT2D eigenvalue weighted by atomic mass is 9.95. The average Bonchev–Trinajstić information content (AvgIpc) is 2.38. The molecule has 1 heterocycles. The molecule has 1 saturated heterocycles. The average molecular weight is 297 g/mol. The van der Waals surface area contributed by atoms with Crippen molar-refractivity contribution < 1.29 is 13.2 Å². The highest BCUT2D eigenvalue weighted by Crippen LogP contribution is 2.23. The van der Waals surface area contributed by atoms with Crippen LogP contribution in [-0.4, -0.2) is 33.4 Å². The van der Waals surface area contributed by atoms with Crippen LogP contribution in [0.2, 0.25) is 0 Å². The molecule has 20 heavy (non-hydrogen) atoms. The van der Waals surface area contributed by atoms with E-state index < -0.39 is 9.84 Å². The maximum absolute atomic E-state index is 11.4. The van der Waals surface area contributed by atoms with Crippen molar-refractivity contribution in [2.45, 2.75) is 43.7 Å². The van der Waals surface area contributed by atoms with E-state index in [9.17, 15) is 8.42 Å². The molecule has 1 aliphatic heterocycles. The van der Waals surface area contributed by atoms with Gasteiger partial charge in [0.1, 0.15) is 0 Å². The van der Waals surface area contributed by atoms with Gasteiger partial charge in [-0.1, -0.05) is 13.8 Å². The molecular formula is C15H23NO3S. The fraction of sp³-hybridized carbons (Fsp3) is 0.600. The van der Waals surface area contributed by atoms with Gasteiger partial charge in [-0.25, -0.2) is 8.42 Å². The molecule has 4 nitrogen and oxygen atoms in total. The number of hydrogen-bond acceptors (Lipinski definition) is 4. The first kappa shape index (κ1) is 15.3. The summed E-state index contributed by atoms with van der Waals surface area (Å²) in [4.78, 5) is 0.357. The van der Waals surface area contributed by atoms with Crippen molar-refractivity contribution in [3.8, 4) is 0 Å². The highest BCUT2D eigenvalue weighted by atomic mass is 32.2. The molecule has 1 aromatic rings. The molecule has 0 bridgehead atoms. The summed E-state index contributed by atoms with van der Waals surface area (Å²) >= 11 is 0. The third kappa shape index (κ3) is 3.96. The molecule has 112 valence electrons. The summed E-state index contributed by atoms with van der Waals surface area (Å²) < 4.78 is 28.6. The SMILES string of the molecule is CC(C)C1CC(Nc2ccc(S(C)(=O)=O)cc2)CCO1. The largest absolute Gasteiger partial charge is 0.382 e. The third-order valence-electron chi connectivity index (χ3n) is 3.71. The van der Waals surface area contributed by atoms with Crippen LogP contribution in [-0.2, 0) is 14.6 Å². The second kappa shape index (κ2) is 6.14. The fourth-order valence-electron chi connectivity index (χ4n) is 2.46. The minimum Gasteiger partial charge on any atom is -0.382 e. The van der Waals surface area contributed by atoms with E-state index in [2.05, 4.69) is 19.2 Å². The zero-order valence-corrected chi connectivity index (χ0v) is 13.1. The van der Waals surface area contributed by atoms with E-state index in [1.54, 1.807) is 12.1 Å². The molecule has 0 radical (unpaired) electrons. The molecule has 2 unspecified atom stereocenters. The van der Waals surface area contributed by atoms with Crippen LogP contribution in [0, 0.1) is 5.92 Å². The van der Waals surface area contributed by atoms with Gasteiger partial charge >= 0.3 is 0 Å². The number of sulfone groups is 1. The Morgan fingerprint density at radius 2 is 1.90 bits per heavy atom. The van der Waals surface area contributed by atoms with Crippen LogP contribution in [0.3, 0.4) is 0 Å². The van der Waals surface area contributed by atoms with Gasteiger partial charge < -0.3 is 10.1 Å². The van der Waals surface area contributed by atoms with Crippen LogP contribution >= 0.6 is 0 Å². The maximum Gasteiger partial charge on any atom is 0.175 e. The van der Waals surface area contributed by atoms with Crippen molar-refractivity contribution in [3.63, 3.8) is 0 Å². The standard InChI is InChI=1S/C15H23NO3S/c1-11(2)15-10-13(8-9-19-15)16-12-4-6-14(7-5-12)20(3,17)18/h4-7,11,13,15-16H,8-10H2,1-3H3. The van der Waals surface area contributed by atoms with E-state index >= 15 is 0 Å². The van der Waals surface area contributed by atoms with Crippen LogP contribution in [0.15, 0.2) is 29.2 Å². The number of benzene rings is 1. The van der Waals surface area contributed by atoms with Crippen LogP contribution in [0.25, 0.3) is 0 Å². The second-order valence-electron chi connectivity index (χ2n) is 5.82. The summed E-state index contributed by atoms with van der Waals surface area (Å²) in [7, 11) is -3.12. The Balaban J connectivity index is 2.00. The topological polar surface area (TPSA) is 55.4 Å². The summed E-state index contributed by atoms with van der Waals surface area (Å²) in [6.45, 7) is 5.13. The minimum absolute atomic E-state index is 0.302. The van der Waals surface area contributed by atoms with Crippen LogP contribution in [0.5, 0.6) is 0 Å². The molecule has 0 amide bonds. The van der Waals surface area contributed by atoms with Gasteiger partial charge in [-0.15, -0.1) is 0 Å². The Hall–Kier alpha value is -1.07. The predicted octanol–water partition coefficient (Wildman–Crippen LogP) is 2.71. The van der Waals surface area contributed by atoms with Crippen LogP contribution in [0.1, 0.15) is 26.7 Å². The highest BCUT2D eigenvalue weighted by molar-refractivity contribution is 7.90. The Labute approximate surface area is 121 Å². The summed E-state index contributed by atoms with van der Waals surface area (Å²) in [5, 5.41) is 3.47. The van der Waals surface area contributed by atoms with Gasteiger partial charge in [-0.2, -0.15) is 0 Å². The molecule has 1 aromatic carbocycles. The first-order chi connectivity index (χ1) is 9.36. The second-order valence-corrected chi connectivity index (χ2v) is 7.83. The summed E-state index contributed by atoms with van der Waals surface area (Å²) in [6, 6.07) is 7.35. The monoisotopic (exact) mass is 297 g/mol. The number of anilines is 1. The summed E-state index contributed by atoms with van der Waals surface area (Å²) in [5.41, 5.74) is 0.965. The molecule has 1 N–H and O–H groups in total. The Bertz CT molecular complexity index is 537. The molecule has 0 aliphatic carbocycles. The van der Waals surface area contributed by atoms with Gasteiger partial charge in [-0.05, 0) is 43.0 Å². The number of rotatable bonds is 4. The van der Waals surface area contributed by atoms with E-state index in [0.29, 0.717) is 23.0 Å². The zero-order valence-electron chi connectivity index (χ0n) is 12.3. The first-order valence-electron chi connectivity index (χ1n) is 7.04. The first-order valence-corrected chi connectivity index (χ1v) is 8.93. The van der Waals surface area contributed by atoms with Gasteiger partial charge in [0.05, 0.1) is 11.0 Å². The van der Waals surface area contributed by atoms with Gasteiger partial charge in [0.15, 0.2) is 9.84 Å². The van der Waals surface area contributed by atoms with E-state index in [1.807, 2.05) is 12.1 Å². The highest BCUT2D eigenvalue weighted by Gasteiger charge is 2.24. The molecular weight excluding hydrogens is 274 g/mol. The Kier molecular flexibility index (Phi) is 4.70. The van der Waals surface area contributed by atoms with Crippen molar-refractivity contribution in [2.24, 2.45) is 5.92 Å². The Morgan fingerprint density at radius 1 is 1.25 bits per heavy atom. The number of ether oxygens (including phenoxy) is 1. The smallest absolute Gasteiger partial charge is 0.175 e. The lowest BCUT2D eigenvalue weighted by Crippen LogP contribution is -2.36. The van der Waals surface area contributed by atoms with E-state index in [0.717, 1.165) is 25.1 Å². The molecule has 0 aromatic heterocycles. The quantitative estimate of drug-likeness (QED) is 0.928. The molecule has 0 spiro atoms. The normalized spacial score (nSPS) is 23.8. The van der Waals surface area contributed by atoms with Crippen molar-refractivity contribution in [2.75, 3.05) is 18.2 Å². The van der Waals surface area contributed by atoms with E-state index in [4.69, 9.17) is 4.74 Å². The van der Waals surface area contributed by atoms with Crippen molar-refractivity contribution in [3.05, 3.63) is 24.3 Å². The van der Waals surface area contributed by atoms with Crippen LogP contribution < -0.4 is 5.32 Å². The molecule has 0 saturated carbocycles. The van der Waals surface area contributed by atoms with Gasteiger partial charge in [0, 0.05) is 24.6 Å². The molecule has 1 fully saturated rings. The molecule has 2 rings (SSSR count). The van der Waals surface area contributed by atoms with Crippen molar-refractivity contribution >= 4 is 15.5 Å². The third-order valence-corrected chi connectivity index (χ3v) is 4.84. The lowest BCUT2D eigenvalue weighted by molar-refractivity contribution is -0.0160. The van der Waals surface area contributed by atoms with E-state index in [-0.39, 0.29) is 0 Å². The predicted molar refractivity (Wildman–Crippen MR) is 80.8 cm³/mol. The van der Waals surface area contributed by atoms with Gasteiger partial charge in [0.25, 0.3) is 0 Å². The lowest BCUT2D eigenvalue weighted by Gasteiger charge is -2.33. The van der Waals surface area contributed by atoms with E-state index in [1.165, 1.54) is 6.26 Å². The maximum atomic E-state index is 11.4. The minimum atomic E-state index is -3.12. The number of hydrogen-bond donors (Lipinski definition) is 1. The molecule has 5 heteroatoms. The van der Waals surface area contributed by atoms with Crippen LogP contribution in [0.4, 0.5) is 5.69 Å². The van der Waals surface area contributed by atoms with Gasteiger partial charge in [0.2, 0.25) is 0 Å². The summed E-state index contributed by atoms with van der Waals surface area (Å²) in [5.74, 6) is 0.521. The zero-order chi connectivity index (χ0) is 14.8. The molecule has 1 aliphatic rings.